The largest absolute Gasteiger partial charge is 0.381 e. The number of carbonyl (C=O) groups excluding carboxylic acids is 1. The van der Waals surface area contributed by atoms with Gasteiger partial charge >= 0.3 is 0 Å². The summed E-state index contributed by atoms with van der Waals surface area (Å²) >= 11 is 1.33. The maximum atomic E-state index is 13.6. The van der Waals surface area contributed by atoms with Crippen LogP contribution in [0.4, 0.5) is 20.9 Å². The van der Waals surface area contributed by atoms with Crippen LogP contribution in [0.3, 0.4) is 0 Å². The Balaban J connectivity index is 1.22. The van der Waals surface area contributed by atoms with Crippen molar-refractivity contribution in [3.8, 4) is 17.3 Å². The number of thiazole rings is 1. The third kappa shape index (κ3) is 4.78. The molecule has 1 aliphatic carbocycles. The molecule has 7 rings (SSSR count). The van der Waals surface area contributed by atoms with E-state index in [1.807, 2.05) is 16.5 Å². The van der Waals surface area contributed by atoms with E-state index in [4.69, 9.17) is 14.8 Å². The van der Waals surface area contributed by atoms with Crippen LogP contribution in [0.25, 0.3) is 16.8 Å². The summed E-state index contributed by atoms with van der Waals surface area (Å²) in [6.45, 7) is 6.21. The molecular formula is C31H32FN7O2S. The normalized spacial score (nSPS) is 19.0. The second-order valence-electron chi connectivity index (χ2n) is 11.4. The van der Waals surface area contributed by atoms with Crippen LogP contribution in [0.1, 0.15) is 41.4 Å². The molecule has 1 aromatic carbocycles. The number of ether oxygens (including phenoxy) is 1. The van der Waals surface area contributed by atoms with Gasteiger partial charge < -0.3 is 19.4 Å². The zero-order valence-corrected chi connectivity index (χ0v) is 24.5. The first kappa shape index (κ1) is 26.9. The highest BCUT2D eigenvalue weighted by atomic mass is 32.1. The summed E-state index contributed by atoms with van der Waals surface area (Å²) in [5.41, 5.74) is 6.45. The SMILES string of the molecule is Cc1cc(N2CCN(C(=O)[C@H]3CCOC3)CC2)cc2c(N(C)c3nc(-c4ccc(F)cc4)c(C#N)s3)c(C3CC3)nn12. The van der Waals surface area contributed by atoms with E-state index < -0.39 is 0 Å². The summed E-state index contributed by atoms with van der Waals surface area (Å²) in [4.78, 5) is 24.7. The number of hydrogen-bond acceptors (Lipinski definition) is 8. The summed E-state index contributed by atoms with van der Waals surface area (Å²) in [7, 11) is 1.98. The Labute approximate surface area is 247 Å². The van der Waals surface area contributed by atoms with Crippen LogP contribution in [0, 0.1) is 30.0 Å². The Morgan fingerprint density at radius 2 is 1.90 bits per heavy atom. The quantitative estimate of drug-likeness (QED) is 0.311. The predicted octanol–water partition coefficient (Wildman–Crippen LogP) is 5.11. The molecule has 0 bridgehead atoms. The number of nitriles is 1. The van der Waals surface area contributed by atoms with Crippen molar-refractivity contribution in [3.05, 3.63) is 58.5 Å². The number of aromatic nitrogens is 3. The average Bonchev–Trinajstić information content (AvgIpc) is 3.38. The number of anilines is 3. The van der Waals surface area contributed by atoms with Crippen molar-refractivity contribution < 1.29 is 13.9 Å². The lowest BCUT2D eigenvalue weighted by Crippen LogP contribution is -2.50. The lowest BCUT2D eigenvalue weighted by atomic mass is 10.1. The molecular weight excluding hydrogens is 553 g/mol. The molecule has 2 aliphatic heterocycles. The summed E-state index contributed by atoms with van der Waals surface area (Å²) in [6, 6.07) is 12.7. The number of aryl methyl sites for hydroxylation is 1. The van der Waals surface area contributed by atoms with Crippen molar-refractivity contribution in [2.75, 3.05) is 56.2 Å². The van der Waals surface area contributed by atoms with E-state index in [-0.39, 0.29) is 17.6 Å². The van der Waals surface area contributed by atoms with Crippen LogP contribution >= 0.6 is 11.3 Å². The number of amides is 1. The van der Waals surface area contributed by atoms with E-state index in [0.717, 1.165) is 60.6 Å². The summed E-state index contributed by atoms with van der Waals surface area (Å²) in [6.07, 6.45) is 3.01. The monoisotopic (exact) mass is 585 g/mol. The van der Waals surface area contributed by atoms with Gasteiger partial charge in [-0.15, -0.1) is 0 Å². The van der Waals surface area contributed by atoms with Crippen LogP contribution in [0.2, 0.25) is 0 Å². The molecule has 3 aliphatic rings. The molecule has 0 N–H and O–H groups in total. The number of carbonyl (C=O) groups is 1. The van der Waals surface area contributed by atoms with Crippen molar-refractivity contribution in [1.29, 1.82) is 5.26 Å². The van der Waals surface area contributed by atoms with Gasteiger partial charge in [-0.3, -0.25) is 4.79 Å². The highest BCUT2D eigenvalue weighted by Crippen LogP contribution is 2.48. The lowest BCUT2D eigenvalue weighted by Gasteiger charge is -2.37. The van der Waals surface area contributed by atoms with Crippen molar-refractivity contribution in [2.45, 2.75) is 32.1 Å². The molecule has 216 valence electrons. The fourth-order valence-electron chi connectivity index (χ4n) is 6.05. The fraction of sp³-hybridized carbons (Fsp3) is 0.419. The number of rotatable bonds is 6. The molecule has 1 atom stereocenters. The van der Waals surface area contributed by atoms with Crippen LogP contribution in [-0.2, 0) is 9.53 Å². The van der Waals surface area contributed by atoms with Gasteiger partial charge in [-0.25, -0.2) is 13.9 Å². The van der Waals surface area contributed by atoms with Crippen LogP contribution in [-0.4, -0.2) is 71.8 Å². The first-order valence-corrected chi connectivity index (χ1v) is 15.3. The molecule has 3 aromatic heterocycles. The molecule has 0 radical (unpaired) electrons. The van der Waals surface area contributed by atoms with Gasteiger partial charge in [0.25, 0.3) is 0 Å². The molecule has 5 heterocycles. The minimum absolute atomic E-state index is 0.00291. The van der Waals surface area contributed by atoms with Gasteiger partial charge in [0.1, 0.15) is 22.5 Å². The van der Waals surface area contributed by atoms with Crippen LogP contribution in [0.5, 0.6) is 0 Å². The number of piperazine rings is 1. The zero-order valence-electron chi connectivity index (χ0n) is 23.7. The summed E-state index contributed by atoms with van der Waals surface area (Å²) < 4.78 is 21.0. The van der Waals surface area contributed by atoms with E-state index >= 15 is 0 Å². The van der Waals surface area contributed by atoms with E-state index in [1.165, 1.54) is 23.5 Å². The molecule has 42 heavy (non-hydrogen) atoms. The van der Waals surface area contributed by atoms with Gasteiger partial charge in [-0.05, 0) is 62.6 Å². The minimum atomic E-state index is -0.326. The zero-order chi connectivity index (χ0) is 29.0. The first-order chi connectivity index (χ1) is 20.4. The van der Waals surface area contributed by atoms with E-state index in [1.54, 1.807) is 12.1 Å². The highest BCUT2D eigenvalue weighted by Gasteiger charge is 2.34. The van der Waals surface area contributed by atoms with Crippen molar-refractivity contribution in [2.24, 2.45) is 5.92 Å². The molecule has 3 fully saturated rings. The van der Waals surface area contributed by atoms with Gasteiger partial charge in [0.05, 0.1) is 29.4 Å². The molecule has 1 saturated carbocycles. The second-order valence-corrected chi connectivity index (χ2v) is 12.4. The topological polar surface area (TPSA) is 90.0 Å². The molecule has 0 spiro atoms. The Morgan fingerprint density at radius 1 is 1.14 bits per heavy atom. The molecule has 0 unspecified atom stereocenters. The number of benzene rings is 1. The van der Waals surface area contributed by atoms with E-state index in [9.17, 15) is 14.4 Å². The third-order valence-corrected chi connectivity index (χ3v) is 9.59. The molecule has 1 amide bonds. The second kappa shape index (κ2) is 10.7. The summed E-state index contributed by atoms with van der Waals surface area (Å²) in [5, 5.41) is 15.6. The fourth-order valence-corrected chi connectivity index (χ4v) is 6.91. The Morgan fingerprint density at radius 3 is 2.57 bits per heavy atom. The minimum Gasteiger partial charge on any atom is -0.381 e. The van der Waals surface area contributed by atoms with Crippen LogP contribution < -0.4 is 9.80 Å². The van der Waals surface area contributed by atoms with Crippen molar-refractivity contribution in [1.82, 2.24) is 19.5 Å². The van der Waals surface area contributed by atoms with Gasteiger partial charge in [0, 0.05) is 62.7 Å². The lowest BCUT2D eigenvalue weighted by molar-refractivity contribution is -0.135. The Kier molecular flexibility index (Phi) is 6.83. The average molecular weight is 586 g/mol. The van der Waals surface area contributed by atoms with E-state index in [0.29, 0.717) is 53.5 Å². The predicted molar refractivity (Wildman–Crippen MR) is 160 cm³/mol. The van der Waals surface area contributed by atoms with Crippen molar-refractivity contribution >= 4 is 39.3 Å². The standard InChI is InChI=1S/C31H32FN7O2S/c1-19-15-24(37-10-12-38(13-11-37)30(40)22-9-14-41-18-22)16-25-29(28(21-3-4-21)35-39(19)25)36(2)31-34-27(26(17-33)42-31)20-5-7-23(32)8-6-20/h5-8,15-16,21-22H,3-4,9-14,18H2,1-2H3/t22-/m0/s1. The summed E-state index contributed by atoms with van der Waals surface area (Å²) in [5.74, 6) is 0.281. The van der Waals surface area contributed by atoms with Gasteiger partial charge in [-0.2, -0.15) is 10.4 Å². The van der Waals surface area contributed by atoms with Crippen LogP contribution in [0.15, 0.2) is 36.4 Å². The Hall–Kier alpha value is -4.01. The Bertz CT molecular complexity index is 1690. The van der Waals surface area contributed by atoms with Gasteiger partial charge in [0.15, 0.2) is 5.13 Å². The van der Waals surface area contributed by atoms with Crippen molar-refractivity contribution in [3.63, 3.8) is 0 Å². The number of fused-ring (bicyclic) bond motifs is 1. The number of nitrogens with zero attached hydrogens (tertiary/aromatic N) is 7. The number of pyridine rings is 1. The number of halogens is 1. The molecule has 11 heteroatoms. The van der Waals surface area contributed by atoms with E-state index in [2.05, 4.69) is 34.9 Å². The first-order valence-electron chi connectivity index (χ1n) is 14.5. The van der Waals surface area contributed by atoms with Gasteiger partial charge in [0.2, 0.25) is 5.91 Å². The third-order valence-electron chi connectivity index (χ3n) is 8.55. The number of hydrogen-bond donors (Lipinski definition) is 0. The maximum absolute atomic E-state index is 13.6. The molecule has 4 aromatic rings. The highest BCUT2D eigenvalue weighted by molar-refractivity contribution is 7.16. The molecule has 2 saturated heterocycles. The molecule has 9 nitrogen and oxygen atoms in total. The smallest absolute Gasteiger partial charge is 0.228 e. The van der Waals surface area contributed by atoms with Gasteiger partial charge in [-0.1, -0.05) is 11.3 Å². The maximum Gasteiger partial charge on any atom is 0.228 e.